The lowest BCUT2D eigenvalue weighted by atomic mass is 9.87. The minimum atomic E-state index is -0.642. The monoisotopic (exact) mass is 534 g/mol. The third-order valence-corrected chi connectivity index (χ3v) is 7.70. The highest BCUT2D eigenvalue weighted by molar-refractivity contribution is 5.85. The zero-order chi connectivity index (χ0) is 27.9. The van der Waals surface area contributed by atoms with Gasteiger partial charge in [0.1, 0.15) is 17.6 Å². The number of hydrogen-bond donors (Lipinski definition) is 0. The second-order valence-electron chi connectivity index (χ2n) is 11.0. The highest BCUT2D eigenvalue weighted by Crippen LogP contribution is 2.36. The van der Waals surface area contributed by atoms with E-state index in [2.05, 4.69) is 36.9 Å². The molecule has 2 unspecified atom stereocenters. The van der Waals surface area contributed by atoms with Crippen LogP contribution in [0.3, 0.4) is 0 Å². The molecule has 40 heavy (non-hydrogen) atoms. The van der Waals surface area contributed by atoms with Crippen molar-refractivity contribution in [3.8, 4) is 28.8 Å². The van der Waals surface area contributed by atoms with Crippen LogP contribution in [0.2, 0.25) is 0 Å². The van der Waals surface area contributed by atoms with Crippen LogP contribution in [0.4, 0.5) is 5.82 Å². The van der Waals surface area contributed by atoms with E-state index in [1.807, 2.05) is 50.5 Å². The minimum absolute atomic E-state index is 0.244. The van der Waals surface area contributed by atoms with Crippen LogP contribution in [0.1, 0.15) is 31.4 Å². The Kier molecular flexibility index (Phi) is 6.49. The maximum atomic E-state index is 9.69. The summed E-state index contributed by atoms with van der Waals surface area (Å²) in [5, 5.41) is 14.0. The number of piperidine rings is 1. The van der Waals surface area contributed by atoms with Crippen molar-refractivity contribution >= 4 is 11.3 Å². The van der Waals surface area contributed by atoms with Gasteiger partial charge in [-0.15, -0.1) is 0 Å². The van der Waals surface area contributed by atoms with Crippen molar-refractivity contribution in [3.63, 3.8) is 0 Å². The van der Waals surface area contributed by atoms with Gasteiger partial charge in [-0.2, -0.15) is 10.4 Å². The van der Waals surface area contributed by atoms with Crippen molar-refractivity contribution in [2.24, 2.45) is 0 Å². The van der Waals surface area contributed by atoms with Gasteiger partial charge in [0, 0.05) is 75.2 Å². The quantitative estimate of drug-likeness (QED) is 0.310. The average Bonchev–Trinajstić information content (AvgIpc) is 3.42. The molecule has 2 bridgehead atoms. The zero-order valence-corrected chi connectivity index (χ0v) is 22.8. The minimum Gasteiger partial charge on any atom is -0.484 e. The first-order valence-electron chi connectivity index (χ1n) is 13.3. The molecule has 0 amide bonds. The highest BCUT2D eigenvalue weighted by Gasteiger charge is 2.44. The maximum Gasteiger partial charge on any atom is 0.260 e. The highest BCUT2D eigenvalue weighted by atomic mass is 16.5. The van der Waals surface area contributed by atoms with Crippen LogP contribution in [0.5, 0.6) is 11.6 Å². The van der Waals surface area contributed by atoms with Gasteiger partial charge in [0.2, 0.25) is 5.88 Å². The van der Waals surface area contributed by atoms with Gasteiger partial charge in [-0.3, -0.25) is 4.90 Å². The lowest BCUT2D eigenvalue weighted by Gasteiger charge is -2.56. The van der Waals surface area contributed by atoms with Gasteiger partial charge in [-0.25, -0.2) is 21.1 Å². The van der Waals surface area contributed by atoms with E-state index in [-0.39, 0.29) is 6.61 Å². The first-order valence-corrected chi connectivity index (χ1v) is 13.3. The fraction of sp³-hybridized carbons (Fsp3) is 0.367. The molecule has 4 aromatic rings. The number of pyridine rings is 3. The van der Waals surface area contributed by atoms with E-state index >= 15 is 0 Å². The molecular weight excluding hydrogens is 504 g/mol. The van der Waals surface area contributed by atoms with Gasteiger partial charge in [0.05, 0.1) is 30.6 Å². The molecule has 10 heteroatoms. The van der Waals surface area contributed by atoms with Crippen LogP contribution < -0.4 is 14.4 Å². The summed E-state index contributed by atoms with van der Waals surface area (Å²) in [7, 11) is 1.63. The van der Waals surface area contributed by atoms with Gasteiger partial charge in [0.15, 0.2) is 6.61 Å². The Labute approximate surface area is 233 Å². The van der Waals surface area contributed by atoms with Crippen LogP contribution in [0.15, 0.2) is 55.1 Å². The number of ether oxygens (including phenoxy) is 2. The van der Waals surface area contributed by atoms with E-state index in [4.69, 9.17) is 21.0 Å². The van der Waals surface area contributed by atoms with Gasteiger partial charge in [-0.05, 0) is 30.2 Å². The number of piperazine rings is 1. The molecule has 3 saturated heterocycles. The summed E-state index contributed by atoms with van der Waals surface area (Å²) in [5.74, 6) is 2.16. The van der Waals surface area contributed by atoms with Crippen LogP contribution in [-0.2, 0) is 6.54 Å². The standard InChI is InChI=1S/C30H30N8O2/c1-30(2,32-3)19-40-25-10-26(29-22(11-31)14-35-38(29)18-25)21-6-7-27(33-13-21)36-16-23-9-24(17-36)37(23)15-20-5-8-28(39-4)34-12-20/h5-8,10,12-14,18,23-24H,9,15-17,19H2,1-2,4H3. The van der Waals surface area contributed by atoms with Crippen molar-refractivity contribution in [3.05, 3.63) is 77.7 Å². The predicted molar refractivity (Wildman–Crippen MR) is 150 cm³/mol. The van der Waals surface area contributed by atoms with Crippen molar-refractivity contribution in [2.45, 2.75) is 44.4 Å². The van der Waals surface area contributed by atoms with Crippen LogP contribution in [-0.4, -0.2) is 68.9 Å². The normalized spacial score (nSPS) is 18.6. The fourth-order valence-electron chi connectivity index (χ4n) is 5.47. The van der Waals surface area contributed by atoms with Gasteiger partial charge >= 0.3 is 0 Å². The third kappa shape index (κ3) is 4.78. The number of methoxy groups -OCH3 is 1. The molecule has 0 aliphatic carbocycles. The number of rotatable bonds is 8. The Morgan fingerprint density at radius 2 is 1.95 bits per heavy atom. The number of anilines is 1. The van der Waals surface area contributed by atoms with Crippen molar-refractivity contribution in [1.82, 2.24) is 24.5 Å². The third-order valence-electron chi connectivity index (χ3n) is 7.70. The lowest BCUT2D eigenvalue weighted by molar-refractivity contribution is -0.00876. The Balaban J connectivity index is 1.19. The van der Waals surface area contributed by atoms with E-state index in [1.165, 1.54) is 12.0 Å². The molecule has 3 aliphatic rings. The van der Waals surface area contributed by atoms with Crippen LogP contribution >= 0.6 is 0 Å². The maximum absolute atomic E-state index is 9.69. The van der Waals surface area contributed by atoms with Gasteiger partial charge in [0.25, 0.3) is 5.54 Å². The molecule has 3 aliphatic heterocycles. The number of hydrogen-bond acceptors (Lipinski definition) is 8. The second-order valence-corrected chi connectivity index (χ2v) is 11.0. The molecule has 0 saturated carbocycles. The molecule has 0 radical (unpaired) electrons. The molecule has 10 nitrogen and oxygen atoms in total. The molecule has 7 rings (SSSR count). The van der Waals surface area contributed by atoms with Gasteiger partial charge < -0.3 is 19.2 Å². The van der Waals surface area contributed by atoms with Crippen LogP contribution in [0, 0.1) is 17.9 Å². The summed E-state index contributed by atoms with van der Waals surface area (Å²) in [6.07, 6.45) is 8.25. The molecule has 0 aromatic carbocycles. The number of fused-ring (bicyclic) bond motifs is 3. The summed E-state index contributed by atoms with van der Waals surface area (Å²) in [6.45, 7) is 14.0. The zero-order valence-electron chi connectivity index (χ0n) is 22.8. The van der Waals surface area contributed by atoms with Gasteiger partial charge in [-0.1, -0.05) is 6.07 Å². The van der Waals surface area contributed by atoms with Crippen molar-refractivity contribution in [1.29, 1.82) is 5.26 Å². The summed E-state index contributed by atoms with van der Waals surface area (Å²) in [6, 6.07) is 13.2. The first-order chi connectivity index (χ1) is 19.4. The van der Waals surface area contributed by atoms with Crippen molar-refractivity contribution in [2.75, 3.05) is 31.7 Å². The van der Waals surface area contributed by atoms with E-state index < -0.39 is 5.54 Å². The summed E-state index contributed by atoms with van der Waals surface area (Å²) in [5.41, 5.74) is 3.42. The smallest absolute Gasteiger partial charge is 0.260 e. The molecule has 202 valence electrons. The summed E-state index contributed by atoms with van der Waals surface area (Å²) < 4.78 is 12.8. The van der Waals surface area contributed by atoms with E-state index in [0.29, 0.717) is 34.8 Å². The molecular formula is C30H30N8O2. The number of nitrogens with zero attached hydrogens (tertiary/aromatic N) is 8. The van der Waals surface area contributed by atoms with E-state index in [0.717, 1.165) is 36.6 Å². The lowest BCUT2D eigenvalue weighted by Crippen LogP contribution is -2.68. The Bertz CT molecular complexity index is 1600. The molecule has 7 heterocycles. The number of nitriles is 1. The SMILES string of the molecule is [C-]#[N+]C(C)(C)COc1cc(-c2ccc(N3CC4CC(C3)N4Cc3ccc(OC)nc3)nc2)c2c(C#N)cnn2c1. The molecule has 0 spiro atoms. The fourth-order valence-corrected chi connectivity index (χ4v) is 5.47. The molecule has 4 aromatic heterocycles. The second kappa shape index (κ2) is 10.1. The average molecular weight is 535 g/mol. The largest absolute Gasteiger partial charge is 0.484 e. The van der Waals surface area contributed by atoms with E-state index in [9.17, 15) is 5.26 Å². The van der Waals surface area contributed by atoms with E-state index in [1.54, 1.807) is 24.0 Å². The summed E-state index contributed by atoms with van der Waals surface area (Å²) in [4.78, 5) is 17.7. The summed E-state index contributed by atoms with van der Waals surface area (Å²) >= 11 is 0. The first kappa shape index (κ1) is 25.6. The topological polar surface area (TPSA) is 96.2 Å². The molecule has 2 atom stereocenters. The predicted octanol–water partition coefficient (Wildman–Crippen LogP) is 4.21. The van der Waals surface area contributed by atoms with Crippen LogP contribution in [0.25, 0.3) is 21.5 Å². The Morgan fingerprint density at radius 1 is 1.12 bits per heavy atom. The number of aromatic nitrogens is 4. The van der Waals surface area contributed by atoms with Crippen molar-refractivity contribution < 1.29 is 9.47 Å². The Hall–Kier alpha value is -4.67. The molecule has 3 fully saturated rings. The molecule has 0 N–H and O–H groups in total. The Morgan fingerprint density at radius 3 is 2.60 bits per heavy atom.